The number of hydrogen-bond acceptors (Lipinski definition) is 6. The fourth-order valence-corrected chi connectivity index (χ4v) is 5.08. The smallest absolute Gasteiger partial charge is 0.128 e. The molecule has 0 bridgehead atoms. The Bertz CT molecular complexity index is 1700. The lowest BCUT2D eigenvalue weighted by Crippen LogP contribution is -2.46. The van der Waals surface area contributed by atoms with Crippen LogP contribution in [0.2, 0.25) is 0 Å². The van der Waals surface area contributed by atoms with Crippen molar-refractivity contribution >= 4 is 11.3 Å². The summed E-state index contributed by atoms with van der Waals surface area (Å²) in [5.41, 5.74) is 6.26. The number of hydrogen-bond donors (Lipinski definition) is 0. The maximum atomic E-state index is 14.1. The van der Waals surface area contributed by atoms with Crippen molar-refractivity contribution in [3.8, 4) is 28.3 Å². The monoisotopic (exact) mass is 521 g/mol. The van der Waals surface area contributed by atoms with Gasteiger partial charge in [-0.1, -0.05) is 0 Å². The molecular weight excluding hydrogens is 496 g/mol. The molecule has 4 aromatic heterocycles. The molecule has 0 saturated carbocycles. The fourth-order valence-electron chi connectivity index (χ4n) is 5.08. The van der Waals surface area contributed by atoms with Crippen molar-refractivity contribution in [3.63, 3.8) is 0 Å². The van der Waals surface area contributed by atoms with Crippen molar-refractivity contribution in [1.29, 1.82) is 5.26 Å². The SMILES string of the molecule is Cc1cc(-c2cc(-c3ccc(N4CCN(Cc5cc(F)ccc5F)CC4)nc3)c3c(C#N)cnn3c2)ccn1. The van der Waals surface area contributed by atoms with Crippen LogP contribution >= 0.6 is 0 Å². The first kappa shape index (κ1) is 24.6. The summed E-state index contributed by atoms with van der Waals surface area (Å²) in [6.07, 6.45) is 7.11. The van der Waals surface area contributed by atoms with Crippen LogP contribution in [0.15, 0.2) is 73.3 Å². The number of aromatic nitrogens is 4. The molecule has 9 heteroatoms. The van der Waals surface area contributed by atoms with Gasteiger partial charge in [0, 0.05) is 79.3 Å². The molecule has 7 nitrogen and oxygen atoms in total. The first-order valence-electron chi connectivity index (χ1n) is 12.7. The van der Waals surface area contributed by atoms with E-state index >= 15 is 0 Å². The molecule has 39 heavy (non-hydrogen) atoms. The normalized spacial score (nSPS) is 14.1. The number of aryl methyl sites for hydroxylation is 1. The van der Waals surface area contributed by atoms with Crippen LogP contribution in [-0.4, -0.2) is 50.7 Å². The first-order valence-corrected chi connectivity index (χ1v) is 12.7. The minimum absolute atomic E-state index is 0.373. The second kappa shape index (κ2) is 10.2. The van der Waals surface area contributed by atoms with Crippen LogP contribution in [0.25, 0.3) is 27.8 Å². The molecule has 1 aromatic carbocycles. The lowest BCUT2D eigenvalue weighted by molar-refractivity contribution is 0.245. The third-order valence-corrected chi connectivity index (χ3v) is 7.12. The molecule has 0 radical (unpaired) electrons. The number of anilines is 1. The molecule has 1 saturated heterocycles. The van der Waals surface area contributed by atoms with E-state index in [-0.39, 0.29) is 5.82 Å². The van der Waals surface area contributed by atoms with Gasteiger partial charge >= 0.3 is 0 Å². The van der Waals surface area contributed by atoms with Gasteiger partial charge < -0.3 is 4.90 Å². The molecule has 194 valence electrons. The quantitative estimate of drug-likeness (QED) is 0.315. The van der Waals surface area contributed by atoms with Gasteiger partial charge in [-0.15, -0.1) is 0 Å². The summed E-state index contributed by atoms with van der Waals surface area (Å²) < 4.78 is 29.4. The lowest BCUT2D eigenvalue weighted by Gasteiger charge is -2.35. The first-order chi connectivity index (χ1) is 19.0. The maximum Gasteiger partial charge on any atom is 0.128 e. The number of rotatable bonds is 5. The number of nitriles is 1. The average Bonchev–Trinajstić information content (AvgIpc) is 3.38. The predicted octanol–water partition coefficient (Wildman–Crippen LogP) is 5.24. The zero-order valence-electron chi connectivity index (χ0n) is 21.4. The summed E-state index contributed by atoms with van der Waals surface area (Å²) in [5, 5.41) is 14.1. The van der Waals surface area contributed by atoms with Gasteiger partial charge in [-0.05, 0) is 61.0 Å². The van der Waals surface area contributed by atoms with E-state index in [1.54, 1.807) is 16.9 Å². The van der Waals surface area contributed by atoms with Crippen LogP contribution < -0.4 is 4.90 Å². The van der Waals surface area contributed by atoms with E-state index in [4.69, 9.17) is 4.98 Å². The van der Waals surface area contributed by atoms with Crippen LogP contribution in [0.3, 0.4) is 0 Å². The van der Waals surface area contributed by atoms with Crippen molar-refractivity contribution in [1.82, 2.24) is 24.5 Å². The Balaban J connectivity index is 1.24. The summed E-state index contributed by atoms with van der Waals surface area (Å²) in [6.45, 7) is 5.22. The number of fused-ring (bicyclic) bond motifs is 1. The van der Waals surface area contributed by atoms with E-state index in [0.29, 0.717) is 17.7 Å². The van der Waals surface area contributed by atoms with Gasteiger partial charge in [0.2, 0.25) is 0 Å². The van der Waals surface area contributed by atoms with Crippen LogP contribution in [0.4, 0.5) is 14.6 Å². The van der Waals surface area contributed by atoms with Gasteiger partial charge in [-0.25, -0.2) is 18.3 Å². The van der Waals surface area contributed by atoms with Gasteiger partial charge in [0.1, 0.15) is 23.5 Å². The van der Waals surface area contributed by atoms with Crippen molar-refractivity contribution in [2.75, 3.05) is 31.1 Å². The van der Waals surface area contributed by atoms with Gasteiger partial charge in [0.15, 0.2) is 0 Å². The Labute approximate surface area is 224 Å². The molecule has 0 atom stereocenters. The molecule has 0 aliphatic carbocycles. The molecule has 0 spiro atoms. The highest BCUT2D eigenvalue weighted by atomic mass is 19.1. The minimum atomic E-state index is -0.425. The molecule has 1 fully saturated rings. The summed E-state index contributed by atoms with van der Waals surface area (Å²) in [5.74, 6) is 0.0400. The Hall–Kier alpha value is -4.68. The van der Waals surface area contributed by atoms with Crippen LogP contribution in [0, 0.1) is 29.9 Å². The molecule has 5 aromatic rings. The van der Waals surface area contributed by atoms with Crippen LogP contribution in [0.5, 0.6) is 0 Å². The molecule has 0 unspecified atom stereocenters. The van der Waals surface area contributed by atoms with Crippen molar-refractivity contribution in [2.24, 2.45) is 0 Å². The van der Waals surface area contributed by atoms with Crippen molar-refractivity contribution in [3.05, 3.63) is 102 Å². The molecule has 5 heterocycles. The predicted molar refractivity (Wildman–Crippen MR) is 145 cm³/mol. The van der Waals surface area contributed by atoms with E-state index < -0.39 is 5.82 Å². The second-order valence-electron chi connectivity index (χ2n) is 9.70. The van der Waals surface area contributed by atoms with Crippen LogP contribution in [-0.2, 0) is 6.54 Å². The largest absolute Gasteiger partial charge is 0.354 e. The third-order valence-electron chi connectivity index (χ3n) is 7.12. The zero-order chi connectivity index (χ0) is 26.9. The van der Waals surface area contributed by atoms with E-state index in [0.717, 1.165) is 71.5 Å². The molecular formula is C30H25F2N7. The number of pyridine rings is 3. The van der Waals surface area contributed by atoms with Crippen molar-refractivity contribution < 1.29 is 8.78 Å². The highest BCUT2D eigenvalue weighted by Gasteiger charge is 2.20. The molecule has 0 amide bonds. The summed E-state index contributed by atoms with van der Waals surface area (Å²) >= 11 is 0. The van der Waals surface area contributed by atoms with Gasteiger partial charge in [-0.2, -0.15) is 10.4 Å². The number of piperazine rings is 1. The maximum absolute atomic E-state index is 14.1. The number of nitrogens with zero attached hydrogens (tertiary/aromatic N) is 7. The Morgan fingerprint density at radius 3 is 2.49 bits per heavy atom. The molecule has 1 aliphatic rings. The van der Waals surface area contributed by atoms with Gasteiger partial charge in [-0.3, -0.25) is 9.88 Å². The summed E-state index contributed by atoms with van der Waals surface area (Å²) in [7, 11) is 0. The summed E-state index contributed by atoms with van der Waals surface area (Å²) in [4.78, 5) is 13.4. The summed E-state index contributed by atoms with van der Waals surface area (Å²) in [6, 6.07) is 15.9. The zero-order valence-corrected chi connectivity index (χ0v) is 21.4. The fraction of sp³-hybridized carbons (Fsp3) is 0.200. The van der Waals surface area contributed by atoms with Gasteiger partial charge in [0.25, 0.3) is 0 Å². The number of benzene rings is 1. The Morgan fingerprint density at radius 2 is 1.74 bits per heavy atom. The molecule has 0 N–H and O–H groups in total. The number of halogens is 2. The average molecular weight is 522 g/mol. The second-order valence-corrected chi connectivity index (χ2v) is 9.70. The van der Waals surface area contributed by atoms with Crippen LogP contribution in [0.1, 0.15) is 16.8 Å². The van der Waals surface area contributed by atoms with Crippen molar-refractivity contribution in [2.45, 2.75) is 13.5 Å². The van der Waals surface area contributed by atoms with E-state index in [1.165, 1.54) is 12.1 Å². The standard InChI is InChI=1S/C30H25F2N7/c1-20-12-21(6-7-34-20)23-14-27(30-25(15-33)17-36-39(30)19-23)22-2-5-29(35-16-22)38-10-8-37(9-11-38)18-24-13-26(31)3-4-28(24)32/h2-7,12-14,16-17,19H,8-11,18H2,1H3. The lowest BCUT2D eigenvalue weighted by atomic mass is 10.00. The van der Waals surface area contributed by atoms with E-state index in [9.17, 15) is 14.0 Å². The minimum Gasteiger partial charge on any atom is -0.354 e. The highest BCUT2D eigenvalue weighted by molar-refractivity contribution is 5.87. The third kappa shape index (κ3) is 4.94. The molecule has 6 rings (SSSR count). The Morgan fingerprint density at radius 1 is 0.897 bits per heavy atom. The van der Waals surface area contributed by atoms with Gasteiger partial charge in [0.05, 0.1) is 17.3 Å². The topological polar surface area (TPSA) is 73.3 Å². The molecule has 1 aliphatic heterocycles. The van der Waals surface area contributed by atoms with E-state index in [2.05, 4.69) is 32.0 Å². The van der Waals surface area contributed by atoms with E-state index in [1.807, 2.05) is 43.6 Å². The Kier molecular flexibility index (Phi) is 6.47. The highest BCUT2D eigenvalue weighted by Crippen LogP contribution is 2.32.